The Kier molecular flexibility index (Phi) is 3.20. The molecule has 0 aromatic heterocycles. The summed E-state index contributed by atoms with van der Waals surface area (Å²) >= 11 is 3.28. The molecule has 3 rings (SSSR count). The quantitative estimate of drug-likeness (QED) is 0.622. The number of hydrogen-bond donors (Lipinski definition) is 1. The molecule has 1 heterocycles. The van der Waals surface area contributed by atoms with Crippen LogP contribution >= 0.6 is 15.9 Å². The summed E-state index contributed by atoms with van der Waals surface area (Å²) in [7, 11) is 0. The molecule has 0 bridgehead atoms. The molecule has 0 fully saturated rings. The van der Waals surface area contributed by atoms with Crippen LogP contribution in [0, 0.1) is 11.6 Å². The van der Waals surface area contributed by atoms with Crippen LogP contribution < -0.4 is 10.1 Å². The van der Waals surface area contributed by atoms with Gasteiger partial charge in [0.25, 0.3) is 0 Å². The minimum Gasteiger partial charge on any atom is -0.422 e. The summed E-state index contributed by atoms with van der Waals surface area (Å²) in [6.07, 6.45) is 0. The van der Waals surface area contributed by atoms with Crippen molar-refractivity contribution < 1.29 is 18.3 Å². The Balaban J connectivity index is 2.09. The fraction of sp³-hybridized carbons (Fsp3) is 0.133. The first kappa shape index (κ1) is 14.0. The van der Waals surface area contributed by atoms with Gasteiger partial charge in [0.1, 0.15) is 11.6 Å². The molecule has 0 spiro atoms. The zero-order chi connectivity index (χ0) is 15.2. The molecule has 0 aliphatic carbocycles. The van der Waals surface area contributed by atoms with Crippen LogP contribution in [-0.2, 0) is 10.3 Å². The van der Waals surface area contributed by atoms with E-state index in [1.165, 1.54) is 6.92 Å². The van der Waals surface area contributed by atoms with Gasteiger partial charge in [-0.2, -0.15) is 0 Å². The molecule has 1 atom stereocenters. The normalized spacial score (nSPS) is 20.5. The van der Waals surface area contributed by atoms with Crippen molar-refractivity contribution in [1.29, 1.82) is 0 Å². The molecule has 3 nitrogen and oxygen atoms in total. The first-order chi connectivity index (χ1) is 9.88. The SMILES string of the molecule is C[C@@]1(c2cc(F)cc(F)c2)Nc2ccc(Br)cc2OC1=O. The molecule has 6 heteroatoms. The second-order valence-electron chi connectivity index (χ2n) is 4.94. The predicted molar refractivity (Wildman–Crippen MR) is 77.1 cm³/mol. The standard InChI is InChI=1S/C15H10BrF2NO2/c1-15(8-4-10(17)7-11(18)5-8)14(20)21-13-6-9(16)2-3-12(13)19-15/h2-7,19H,1H3/t15-/m0/s1. The predicted octanol–water partition coefficient (Wildman–Crippen LogP) is 3.97. The Morgan fingerprint density at radius 2 is 1.81 bits per heavy atom. The van der Waals surface area contributed by atoms with Gasteiger partial charge in [0, 0.05) is 10.5 Å². The molecule has 0 amide bonds. The van der Waals surface area contributed by atoms with Crippen LogP contribution in [0.4, 0.5) is 14.5 Å². The van der Waals surface area contributed by atoms with E-state index in [0.29, 0.717) is 11.4 Å². The number of rotatable bonds is 1. The average molecular weight is 354 g/mol. The Bertz CT molecular complexity index is 730. The smallest absolute Gasteiger partial charge is 0.341 e. The number of nitrogens with one attached hydrogen (secondary N) is 1. The summed E-state index contributed by atoms with van der Waals surface area (Å²) < 4.78 is 32.9. The van der Waals surface area contributed by atoms with Crippen LogP contribution in [0.2, 0.25) is 0 Å². The zero-order valence-corrected chi connectivity index (χ0v) is 12.5. The topological polar surface area (TPSA) is 38.3 Å². The van der Waals surface area contributed by atoms with E-state index in [4.69, 9.17) is 4.74 Å². The van der Waals surface area contributed by atoms with E-state index in [0.717, 1.165) is 22.7 Å². The van der Waals surface area contributed by atoms with E-state index in [1.807, 2.05) is 0 Å². The van der Waals surface area contributed by atoms with Gasteiger partial charge < -0.3 is 10.1 Å². The Morgan fingerprint density at radius 3 is 2.48 bits per heavy atom. The highest BCUT2D eigenvalue weighted by Crippen LogP contribution is 2.39. The van der Waals surface area contributed by atoms with Crippen molar-refractivity contribution in [1.82, 2.24) is 0 Å². The zero-order valence-electron chi connectivity index (χ0n) is 10.9. The maximum Gasteiger partial charge on any atom is 0.341 e. The second-order valence-corrected chi connectivity index (χ2v) is 5.85. The van der Waals surface area contributed by atoms with Gasteiger partial charge in [0.05, 0.1) is 5.69 Å². The lowest BCUT2D eigenvalue weighted by atomic mass is 9.90. The highest BCUT2D eigenvalue weighted by Gasteiger charge is 2.42. The third-order valence-electron chi connectivity index (χ3n) is 3.38. The average Bonchev–Trinajstić information content (AvgIpc) is 2.39. The number of halogens is 3. The third kappa shape index (κ3) is 2.40. The number of ether oxygens (including phenoxy) is 1. The van der Waals surface area contributed by atoms with Crippen molar-refractivity contribution in [2.75, 3.05) is 5.32 Å². The number of carbonyl (C=O) groups excluding carboxylic acids is 1. The highest BCUT2D eigenvalue weighted by molar-refractivity contribution is 9.10. The van der Waals surface area contributed by atoms with Crippen LogP contribution in [-0.4, -0.2) is 5.97 Å². The first-order valence-corrected chi connectivity index (χ1v) is 6.94. The number of hydrogen-bond acceptors (Lipinski definition) is 3. The molecular formula is C15H10BrF2NO2. The summed E-state index contributed by atoms with van der Waals surface area (Å²) in [5.74, 6) is -1.76. The molecular weight excluding hydrogens is 344 g/mol. The molecule has 1 aliphatic heterocycles. The summed E-state index contributed by atoms with van der Waals surface area (Å²) in [5, 5.41) is 2.99. The second kappa shape index (κ2) is 4.80. The van der Waals surface area contributed by atoms with Crippen LogP contribution in [0.1, 0.15) is 12.5 Å². The lowest BCUT2D eigenvalue weighted by Gasteiger charge is -2.35. The maximum absolute atomic E-state index is 13.4. The van der Waals surface area contributed by atoms with Gasteiger partial charge >= 0.3 is 5.97 Å². The van der Waals surface area contributed by atoms with Crippen LogP contribution in [0.3, 0.4) is 0 Å². The van der Waals surface area contributed by atoms with E-state index in [-0.39, 0.29) is 5.56 Å². The Morgan fingerprint density at radius 1 is 1.14 bits per heavy atom. The van der Waals surface area contributed by atoms with Crippen molar-refractivity contribution in [2.45, 2.75) is 12.5 Å². The molecule has 0 unspecified atom stereocenters. The summed E-state index contributed by atoms with van der Waals surface area (Å²) in [6.45, 7) is 1.52. The molecule has 108 valence electrons. The van der Waals surface area contributed by atoms with Gasteiger partial charge in [0.2, 0.25) is 0 Å². The third-order valence-corrected chi connectivity index (χ3v) is 3.87. The monoisotopic (exact) mass is 353 g/mol. The highest BCUT2D eigenvalue weighted by atomic mass is 79.9. The van der Waals surface area contributed by atoms with Crippen molar-refractivity contribution in [3.8, 4) is 5.75 Å². The van der Waals surface area contributed by atoms with Gasteiger partial charge in [-0.05, 0) is 42.8 Å². The number of fused-ring (bicyclic) bond motifs is 1. The fourth-order valence-electron chi connectivity index (χ4n) is 2.24. The van der Waals surface area contributed by atoms with E-state index in [2.05, 4.69) is 21.2 Å². The number of benzene rings is 2. The van der Waals surface area contributed by atoms with E-state index in [1.54, 1.807) is 18.2 Å². The molecule has 2 aromatic carbocycles. The fourth-order valence-corrected chi connectivity index (χ4v) is 2.58. The van der Waals surface area contributed by atoms with Crippen molar-refractivity contribution in [2.24, 2.45) is 0 Å². The largest absolute Gasteiger partial charge is 0.422 e. The molecule has 21 heavy (non-hydrogen) atoms. The van der Waals surface area contributed by atoms with Crippen LogP contribution in [0.5, 0.6) is 5.75 Å². The van der Waals surface area contributed by atoms with Crippen LogP contribution in [0.25, 0.3) is 0 Å². The number of esters is 1. The summed E-state index contributed by atoms with van der Waals surface area (Å²) in [6, 6.07) is 8.12. The van der Waals surface area contributed by atoms with Gasteiger partial charge in [-0.3, -0.25) is 0 Å². The van der Waals surface area contributed by atoms with Crippen LogP contribution in [0.15, 0.2) is 40.9 Å². The maximum atomic E-state index is 13.4. The summed E-state index contributed by atoms with van der Waals surface area (Å²) in [5.41, 5.74) is -0.618. The van der Waals surface area contributed by atoms with Gasteiger partial charge in [0.15, 0.2) is 11.3 Å². The van der Waals surface area contributed by atoms with Crippen molar-refractivity contribution in [3.63, 3.8) is 0 Å². The van der Waals surface area contributed by atoms with Crippen molar-refractivity contribution >= 4 is 27.6 Å². The van der Waals surface area contributed by atoms with Crippen molar-refractivity contribution in [3.05, 3.63) is 58.1 Å². The minimum atomic E-state index is -1.36. The van der Waals surface area contributed by atoms with Gasteiger partial charge in [-0.15, -0.1) is 0 Å². The van der Waals surface area contributed by atoms with Gasteiger partial charge in [-0.25, -0.2) is 13.6 Å². The number of carbonyl (C=O) groups is 1. The molecule has 1 aliphatic rings. The Labute approximate surface area is 128 Å². The molecule has 2 aromatic rings. The summed E-state index contributed by atoms with van der Waals surface area (Å²) in [4.78, 5) is 12.3. The molecule has 0 saturated carbocycles. The van der Waals surface area contributed by atoms with E-state index < -0.39 is 23.1 Å². The van der Waals surface area contributed by atoms with Gasteiger partial charge in [-0.1, -0.05) is 15.9 Å². The lowest BCUT2D eigenvalue weighted by Crippen LogP contribution is -2.46. The Hall–Kier alpha value is -1.95. The first-order valence-electron chi connectivity index (χ1n) is 6.15. The van der Waals surface area contributed by atoms with E-state index >= 15 is 0 Å². The lowest BCUT2D eigenvalue weighted by molar-refractivity contribution is -0.140. The minimum absolute atomic E-state index is 0.165. The molecule has 0 radical (unpaired) electrons. The number of anilines is 1. The van der Waals surface area contributed by atoms with E-state index in [9.17, 15) is 13.6 Å². The molecule has 0 saturated heterocycles. The molecule has 1 N–H and O–H groups in total.